The molecule has 3 heterocycles. The Morgan fingerprint density at radius 1 is 1.08 bits per heavy atom. The maximum atomic E-state index is 12.7. The number of nitrogens with zero attached hydrogens (tertiary/aromatic N) is 5. The van der Waals surface area contributed by atoms with Gasteiger partial charge in [-0.3, -0.25) is 9.69 Å². The SMILES string of the molecule is O=C(Cn1c(=O)nc2n1C(=O)N(c1ccccc1)C2)N1CCCC1. The number of carbonyl (C=O) groups excluding carboxylic acids is 2. The predicted octanol–water partition coefficient (Wildman–Crippen LogP) is 0.655. The molecule has 1 aromatic heterocycles. The molecule has 8 heteroatoms. The third kappa shape index (κ3) is 2.31. The van der Waals surface area contributed by atoms with E-state index in [4.69, 9.17) is 0 Å². The molecule has 4 rings (SSSR count). The highest BCUT2D eigenvalue weighted by Gasteiger charge is 2.34. The Labute approximate surface area is 137 Å². The largest absolute Gasteiger partial charge is 0.365 e. The van der Waals surface area contributed by atoms with Crippen LogP contribution in [0.2, 0.25) is 0 Å². The number of hydrogen-bond donors (Lipinski definition) is 0. The second-order valence-corrected chi connectivity index (χ2v) is 5.97. The van der Waals surface area contributed by atoms with Crippen molar-refractivity contribution in [3.05, 3.63) is 46.6 Å². The Morgan fingerprint density at radius 3 is 2.50 bits per heavy atom. The van der Waals surface area contributed by atoms with Crippen molar-refractivity contribution < 1.29 is 9.59 Å². The van der Waals surface area contributed by atoms with Crippen LogP contribution < -0.4 is 10.6 Å². The number of para-hydroxylation sites is 1. The lowest BCUT2D eigenvalue weighted by atomic mass is 10.3. The summed E-state index contributed by atoms with van der Waals surface area (Å²) in [5.41, 5.74) is 0.177. The van der Waals surface area contributed by atoms with Gasteiger partial charge in [0, 0.05) is 18.8 Å². The van der Waals surface area contributed by atoms with Crippen LogP contribution in [-0.4, -0.2) is 44.3 Å². The van der Waals surface area contributed by atoms with E-state index in [9.17, 15) is 14.4 Å². The standard InChI is InChI=1S/C16H17N5O3/c22-14(18-8-4-5-9-18)11-20-15(23)17-13-10-19(16(24)21(13)20)12-6-2-1-3-7-12/h1-3,6-7H,4-5,8-11H2. The first-order valence-corrected chi connectivity index (χ1v) is 7.98. The highest BCUT2D eigenvalue weighted by atomic mass is 16.2. The van der Waals surface area contributed by atoms with Crippen LogP contribution in [0.4, 0.5) is 10.5 Å². The van der Waals surface area contributed by atoms with Crippen LogP contribution in [0.15, 0.2) is 35.1 Å². The van der Waals surface area contributed by atoms with E-state index < -0.39 is 5.69 Å². The molecule has 2 aromatic rings. The van der Waals surface area contributed by atoms with Gasteiger partial charge in [0.1, 0.15) is 6.54 Å². The molecule has 0 unspecified atom stereocenters. The van der Waals surface area contributed by atoms with Crippen molar-refractivity contribution in [2.75, 3.05) is 18.0 Å². The van der Waals surface area contributed by atoms with Crippen molar-refractivity contribution in [2.45, 2.75) is 25.9 Å². The van der Waals surface area contributed by atoms with Gasteiger partial charge >= 0.3 is 11.7 Å². The summed E-state index contributed by atoms with van der Waals surface area (Å²) < 4.78 is 2.37. The van der Waals surface area contributed by atoms with Gasteiger partial charge in [-0.1, -0.05) is 18.2 Å². The molecule has 1 aromatic carbocycles. The molecule has 0 bridgehead atoms. The quantitative estimate of drug-likeness (QED) is 0.829. The molecule has 0 saturated carbocycles. The van der Waals surface area contributed by atoms with Gasteiger partial charge in [0.05, 0.1) is 6.54 Å². The molecule has 8 nitrogen and oxygen atoms in total. The van der Waals surface area contributed by atoms with Crippen molar-refractivity contribution in [1.29, 1.82) is 0 Å². The molecule has 0 atom stereocenters. The second-order valence-electron chi connectivity index (χ2n) is 5.97. The fourth-order valence-corrected chi connectivity index (χ4v) is 3.22. The lowest BCUT2D eigenvalue weighted by Crippen LogP contribution is -2.39. The van der Waals surface area contributed by atoms with E-state index in [2.05, 4.69) is 4.98 Å². The number of anilines is 1. The maximum absolute atomic E-state index is 12.7. The molecule has 0 radical (unpaired) electrons. The molecule has 2 amide bonds. The van der Waals surface area contributed by atoms with E-state index in [0.29, 0.717) is 18.9 Å². The molecular weight excluding hydrogens is 310 g/mol. The Kier molecular flexibility index (Phi) is 3.44. The molecule has 124 valence electrons. The number of rotatable bonds is 3. The third-order valence-electron chi connectivity index (χ3n) is 4.45. The highest BCUT2D eigenvalue weighted by molar-refractivity contribution is 5.95. The van der Waals surface area contributed by atoms with Gasteiger partial charge in [-0.15, -0.1) is 0 Å². The Morgan fingerprint density at radius 2 is 1.79 bits per heavy atom. The molecule has 2 aliphatic rings. The van der Waals surface area contributed by atoms with Crippen molar-refractivity contribution in [3.8, 4) is 0 Å². The maximum Gasteiger partial charge on any atom is 0.365 e. The summed E-state index contributed by atoms with van der Waals surface area (Å²) in [6, 6.07) is 8.83. The van der Waals surface area contributed by atoms with E-state index in [0.717, 1.165) is 23.2 Å². The average molecular weight is 327 g/mol. The van der Waals surface area contributed by atoms with E-state index >= 15 is 0 Å². The Balaban J connectivity index is 1.62. The summed E-state index contributed by atoms with van der Waals surface area (Å²) >= 11 is 0. The number of benzene rings is 1. The number of likely N-dealkylation sites (tertiary alicyclic amines) is 1. The van der Waals surface area contributed by atoms with Gasteiger partial charge in [0.15, 0.2) is 5.82 Å². The zero-order valence-electron chi connectivity index (χ0n) is 13.1. The molecule has 0 N–H and O–H groups in total. The van der Waals surface area contributed by atoms with Gasteiger partial charge in [0.25, 0.3) is 0 Å². The zero-order chi connectivity index (χ0) is 16.7. The summed E-state index contributed by atoms with van der Waals surface area (Å²) in [4.78, 5) is 44.3. The minimum absolute atomic E-state index is 0.150. The smallest absolute Gasteiger partial charge is 0.341 e. The van der Waals surface area contributed by atoms with Crippen LogP contribution >= 0.6 is 0 Å². The Hall–Kier alpha value is -2.90. The van der Waals surface area contributed by atoms with E-state index in [1.807, 2.05) is 30.3 Å². The number of amides is 2. The minimum atomic E-state index is -0.557. The van der Waals surface area contributed by atoms with E-state index in [1.165, 1.54) is 4.68 Å². The third-order valence-corrected chi connectivity index (χ3v) is 4.45. The van der Waals surface area contributed by atoms with Crippen LogP contribution in [0.25, 0.3) is 0 Å². The second kappa shape index (κ2) is 5.63. The molecule has 1 saturated heterocycles. The zero-order valence-corrected chi connectivity index (χ0v) is 13.1. The van der Waals surface area contributed by atoms with Crippen LogP contribution in [0, 0.1) is 0 Å². The lowest BCUT2D eigenvalue weighted by molar-refractivity contribution is -0.131. The van der Waals surface area contributed by atoms with Crippen molar-refractivity contribution in [2.24, 2.45) is 0 Å². The molecule has 24 heavy (non-hydrogen) atoms. The first-order valence-electron chi connectivity index (χ1n) is 7.98. The summed E-state index contributed by atoms with van der Waals surface area (Å²) in [6.07, 6.45) is 1.96. The van der Waals surface area contributed by atoms with Crippen LogP contribution in [0.3, 0.4) is 0 Å². The lowest BCUT2D eigenvalue weighted by Gasteiger charge is -2.17. The van der Waals surface area contributed by atoms with E-state index in [1.54, 1.807) is 9.80 Å². The van der Waals surface area contributed by atoms with Gasteiger partial charge in [-0.2, -0.15) is 9.67 Å². The number of aromatic nitrogens is 3. The summed E-state index contributed by atoms with van der Waals surface area (Å²) in [5, 5.41) is 0. The molecule has 1 fully saturated rings. The molecule has 0 spiro atoms. The highest BCUT2D eigenvalue weighted by Crippen LogP contribution is 2.22. The summed E-state index contributed by atoms with van der Waals surface area (Å²) in [6.45, 7) is 1.49. The van der Waals surface area contributed by atoms with Gasteiger partial charge in [-0.25, -0.2) is 14.3 Å². The normalized spacial score (nSPS) is 16.8. The molecule has 0 aliphatic carbocycles. The van der Waals surface area contributed by atoms with Crippen molar-refractivity contribution in [3.63, 3.8) is 0 Å². The van der Waals surface area contributed by atoms with Crippen LogP contribution in [0.1, 0.15) is 18.7 Å². The van der Waals surface area contributed by atoms with Crippen LogP contribution in [0.5, 0.6) is 0 Å². The average Bonchev–Trinajstić information content (AvgIpc) is 3.28. The Bertz CT molecular complexity index is 848. The predicted molar refractivity (Wildman–Crippen MR) is 85.7 cm³/mol. The van der Waals surface area contributed by atoms with Crippen LogP contribution in [-0.2, 0) is 17.9 Å². The van der Waals surface area contributed by atoms with Gasteiger partial charge in [0.2, 0.25) is 5.91 Å². The number of fused-ring (bicyclic) bond motifs is 1. The molecule has 2 aliphatic heterocycles. The van der Waals surface area contributed by atoms with Gasteiger partial charge < -0.3 is 4.90 Å². The topological polar surface area (TPSA) is 80.4 Å². The fourth-order valence-electron chi connectivity index (χ4n) is 3.22. The van der Waals surface area contributed by atoms with Crippen molar-refractivity contribution >= 4 is 17.6 Å². The van der Waals surface area contributed by atoms with E-state index in [-0.39, 0.29) is 25.0 Å². The first-order chi connectivity index (χ1) is 11.6. The monoisotopic (exact) mass is 327 g/mol. The summed E-state index contributed by atoms with van der Waals surface area (Å²) in [5.74, 6) is 0.214. The summed E-state index contributed by atoms with van der Waals surface area (Å²) in [7, 11) is 0. The number of hydrogen-bond acceptors (Lipinski definition) is 4. The number of carbonyl (C=O) groups is 2. The van der Waals surface area contributed by atoms with Crippen molar-refractivity contribution in [1.82, 2.24) is 19.2 Å². The van der Waals surface area contributed by atoms with Gasteiger partial charge in [-0.05, 0) is 25.0 Å². The minimum Gasteiger partial charge on any atom is -0.341 e. The first kappa shape index (κ1) is 14.7. The molecular formula is C16H17N5O3. The fraction of sp³-hybridized carbons (Fsp3) is 0.375.